The number of benzene rings is 1. The minimum atomic E-state index is -1.08. The second-order valence-electron chi connectivity index (χ2n) is 4.03. The maximum absolute atomic E-state index is 11.7. The minimum absolute atomic E-state index is 0.225. The number of carbonyl (C=O) groups excluding carboxylic acids is 1. The van der Waals surface area contributed by atoms with Crippen molar-refractivity contribution in [2.45, 2.75) is 19.6 Å². The van der Waals surface area contributed by atoms with Crippen LogP contribution in [0.4, 0.5) is 0 Å². The number of ether oxygens (including phenoxy) is 1. The zero-order chi connectivity index (χ0) is 13.5. The van der Waals surface area contributed by atoms with Gasteiger partial charge in [-0.25, -0.2) is 4.79 Å². The van der Waals surface area contributed by atoms with Crippen molar-refractivity contribution in [3.05, 3.63) is 35.9 Å². The molecule has 0 aliphatic rings. The van der Waals surface area contributed by atoms with Gasteiger partial charge in [-0.15, -0.1) is 0 Å². The van der Waals surface area contributed by atoms with Crippen LogP contribution in [0.1, 0.15) is 12.5 Å². The Balaban J connectivity index is 2.40. The van der Waals surface area contributed by atoms with Crippen molar-refractivity contribution >= 4 is 11.9 Å². The van der Waals surface area contributed by atoms with Crippen molar-refractivity contribution in [3.63, 3.8) is 0 Å². The number of carbonyl (C=O) groups is 2. The molecular weight excluding hydrogens is 234 g/mol. The summed E-state index contributed by atoms with van der Waals surface area (Å²) in [6.07, 6.45) is -0.973. The molecule has 1 aromatic carbocycles. The van der Waals surface area contributed by atoms with E-state index in [0.29, 0.717) is 6.54 Å². The molecule has 0 spiro atoms. The van der Waals surface area contributed by atoms with Gasteiger partial charge in [0.1, 0.15) is 6.61 Å². The molecule has 0 aromatic heterocycles. The molecule has 0 saturated heterocycles. The molecule has 1 atom stereocenters. The Morgan fingerprint density at radius 1 is 1.33 bits per heavy atom. The van der Waals surface area contributed by atoms with E-state index < -0.39 is 12.1 Å². The largest absolute Gasteiger partial charge is 0.479 e. The molecule has 0 bridgehead atoms. The summed E-state index contributed by atoms with van der Waals surface area (Å²) in [5.74, 6) is -1.32. The first-order chi connectivity index (χ1) is 8.50. The molecule has 0 radical (unpaired) electrons. The van der Waals surface area contributed by atoms with E-state index in [2.05, 4.69) is 0 Å². The van der Waals surface area contributed by atoms with E-state index in [1.807, 2.05) is 30.3 Å². The molecule has 1 aromatic rings. The summed E-state index contributed by atoms with van der Waals surface area (Å²) in [6, 6.07) is 9.55. The van der Waals surface area contributed by atoms with E-state index in [4.69, 9.17) is 9.84 Å². The average molecular weight is 251 g/mol. The maximum atomic E-state index is 11.7. The second-order valence-corrected chi connectivity index (χ2v) is 4.03. The van der Waals surface area contributed by atoms with Gasteiger partial charge in [0.2, 0.25) is 5.91 Å². The number of hydrogen-bond acceptors (Lipinski definition) is 3. The summed E-state index contributed by atoms with van der Waals surface area (Å²) >= 11 is 0. The van der Waals surface area contributed by atoms with Gasteiger partial charge in [0, 0.05) is 13.6 Å². The first-order valence-corrected chi connectivity index (χ1v) is 5.63. The van der Waals surface area contributed by atoms with Gasteiger partial charge in [-0.2, -0.15) is 0 Å². The number of nitrogens with zero attached hydrogens (tertiary/aromatic N) is 1. The van der Waals surface area contributed by atoms with Crippen LogP contribution in [0.2, 0.25) is 0 Å². The molecule has 98 valence electrons. The van der Waals surface area contributed by atoms with Gasteiger partial charge in [0.05, 0.1) is 0 Å². The fourth-order valence-electron chi connectivity index (χ4n) is 1.32. The molecule has 1 N–H and O–H groups in total. The lowest BCUT2D eigenvalue weighted by Gasteiger charge is -2.18. The third-order valence-electron chi connectivity index (χ3n) is 2.49. The van der Waals surface area contributed by atoms with E-state index in [9.17, 15) is 9.59 Å². The van der Waals surface area contributed by atoms with Crippen molar-refractivity contribution in [1.29, 1.82) is 0 Å². The topological polar surface area (TPSA) is 66.8 Å². The van der Waals surface area contributed by atoms with E-state index in [0.717, 1.165) is 5.56 Å². The normalized spacial score (nSPS) is 11.9. The van der Waals surface area contributed by atoms with Crippen molar-refractivity contribution in [1.82, 2.24) is 4.90 Å². The first kappa shape index (κ1) is 14.2. The van der Waals surface area contributed by atoms with Crippen LogP contribution in [0.15, 0.2) is 30.3 Å². The average Bonchev–Trinajstić information content (AvgIpc) is 2.36. The maximum Gasteiger partial charge on any atom is 0.332 e. The highest BCUT2D eigenvalue weighted by Gasteiger charge is 2.15. The van der Waals surface area contributed by atoms with E-state index >= 15 is 0 Å². The number of aliphatic carboxylic acids is 1. The van der Waals surface area contributed by atoms with Crippen LogP contribution >= 0.6 is 0 Å². The number of carboxylic acid groups (broad SMARTS) is 1. The van der Waals surface area contributed by atoms with E-state index in [-0.39, 0.29) is 12.5 Å². The molecule has 5 nitrogen and oxygen atoms in total. The molecule has 1 rings (SSSR count). The molecule has 0 aliphatic carbocycles. The van der Waals surface area contributed by atoms with Gasteiger partial charge in [-0.3, -0.25) is 4.79 Å². The number of hydrogen-bond donors (Lipinski definition) is 1. The van der Waals surface area contributed by atoms with Crippen molar-refractivity contribution in [3.8, 4) is 0 Å². The predicted molar refractivity (Wildman–Crippen MR) is 66.0 cm³/mol. The van der Waals surface area contributed by atoms with Crippen molar-refractivity contribution < 1.29 is 19.4 Å². The van der Waals surface area contributed by atoms with Crippen LogP contribution in [-0.2, 0) is 20.9 Å². The Morgan fingerprint density at radius 3 is 2.50 bits per heavy atom. The molecule has 0 heterocycles. The van der Waals surface area contributed by atoms with Crippen LogP contribution in [0.5, 0.6) is 0 Å². The molecule has 1 unspecified atom stereocenters. The van der Waals surface area contributed by atoms with Crippen LogP contribution in [0.25, 0.3) is 0 Å². The van der Waals surface area contributed by atoms with Gasteiger partial charge < -0.3 is 14.7 Å². The SMILES string of the molecule is CC(OCC(=O)N(C)Cc1ccccc1)C(=O)O. The minimum Gasteiger partial charge on any atom is -0.479 e. The Labute approximate surface area is 106 Å². The highest BCUT2D eigenvalue weighted by molar-refractivity contribution is 5.78. The highest BCUT2D eigenvalue weighted by atomic mass is 16.5. The van der Waals surface area contributed by atoms with Gasteiger partial charge in [-0.05, 0) is 12.5 Å². The molecule has 1 amide bonds. The van der Waals surface area contributed by atoms with Gasteiger partial charge in [0.25, 0.3) is 0 Å². The Hall–Kier alpha value is -1.88. The summed E-state index contributed by atoms with van der Waals surface area (Å²) in [7, 11) is 1.66. The zero-order valence-electron chi connectivity index (χ0n) is 10.5. The van der Waals surface area contributed by atoms with E-state index in [1.54, 1.807) is 7.05 Å². The lowest BCUT2D eigenvalue weighted by molar-refractivity contribution is -0.152. The quantitative estimate of drug-likeness (QED) is 0.823. The fraction of sp³-hybridized carbons (Fsp3) is 0.385. The second kappa shape index (κ2) is 6.76. The van der Waals surface area contributed by atoms with Gasteiger partial charge in [-0.1, -0.05) is 30.3 Å². The smallest absolute Gasteiger partial charge is 0.332 e. The third kappa shape index (κ3) is 4.55. The van der Waals surface area contributed by atoms with Crippen molar-refractivity contribution in [2.24, 2.45) is 0 Å². The highest BCUT2D eigenvalue weighted by Crippen LogP contribution is 2.03. The standard InChI is InChI=1S/C13H17NO4/c1-10(13(16)17)18-9-12(15)14(2)8-11-6-4-3-5-7-11/h3-7,10H,8-9H2,1-2H3,(H,16,17). The number of likely N-dealkylation sites (N-methyl/N-ethyl adjacent to an activating group) is 1. The molecule has 18 heavy (non-hydrogen) atoms. The van der Waals surface area contributed by atoms with Crippen molar-refractivity contribution in [2.75, 3.05) is 13.7 Å². The van der Waals surface area contributed by atoms with Gasteiger partial charge >= 0.3 is 5.97 Å². The Bertz CT molecular complexity index is 405. The molecule has 0 aliphatic heterocycles. The molecule has 5 heteroatoms. The Morgan fingerprint density at radius 2 is 1.94 bits per heavy atom. The molecule has 0 fully saturated rings. The van der Waals surface area contributed by atoms with Crippen LogP contribution in [-0.4, -0.2) is 41.6 Å². The fourth-order valence-corrected chi connectivity index (χ4v) is 1.32. The molecular formula is C13H17NO4. The van der Waals surface area contributed by atoms with Crippen LogP contribution in [0.3, 0.4) is 0 Å². The van der Waals surface area contributed by atoms with Crippen LogP contribution < -0.4 is 0 Å². The number of carboxylic acids is 1. The third-order valence-corrected chi connectivity index (χ3v) is 2.49. The number of rotatable bonds is 6. The van der Waals surface area contributed by atoms with Gasteiger partial charge in [0.15, 0.2) is 6.10 Å². The monoisotopic (exact) mass is 251 g/mol. The zero-order valence-corrected chi connectivity index (χ0v) is 10.5. The predicted octanol–water partition coefficient (Wildman–Crippen LogP) is 1.13. The lowest BCUT2D eigenvalue weighted by atomic mass is 10.2. The summed E-state index contributed by atoms with van der Waals surface area (Å²) in [6.45, 7) is 1.65. The molecule has 0 saturated carbocycles. The lowest BCUT2D eigenvalue weighted by Crippen LogP contribution is -2.32. The van der Waals surface area contributed by atoms with Crippen LogP contribution in [0, 0.1) is 0 Å². The Kier molecular flexibility index (Phi) is 5.32. The summed E-state index contributed by atoms with van der Waals surface area (Å²) < 4.78 is 4.93. The summed E-state index contributed by atoms with van der Waals surface area (Å²) in [5.41, 5.74) is 1.01. The first-order valence-electron chi connectivity index (χ1n) is 5.63. The summed E-state index contributed by atoms with van der Waals surface area (Å²) in [4.78, 5) is 23.7. The van der Waals surface area contributed by atoms with E-state index in [1.165, 1.54) is 11.8 Å². The number of amides is 1. The summed E-state index contributed by atoms with van der Waals surface area (Å²) in [5, 5.41) is 8.62.